The van der Waals surface area contributed by atoms with E-state index in [2.05, 4.69) is 9.44 Å². The molecule has 1 rings (SSSR count). The lowest BCUT2D eigenvalue weighted by molar-refractivity contribution is 0.345. The van der Waals surface area contributed by atoms with E-state index in [4.69, 9.17) is 4.74 Å². The SMILES string of the molecule is COc1ccc(C=NOS(C)(=O)=O)cc1. The van der Waals surface area contributed by atoms with Crippen molar-refractivity contribution in [2.75, 3.05) is 13.4 Å². The molecule has 0 spiro atoms. The molecule has 1 aromatic carbocycles. The van der Waals surface area contributed by atoms with Crippen LogP contribution in [0.5, 0.6) is 5.75 Å². The van der Waals surface area contributed by atoms with Crippen molar-refractivity contribution in [2.45, 2.75) is 0 Å². The molecule has 0 saturated heterocycles. The Labute approximate surface area is 88.4 Å². The Morgan fingerprint density at radius 3 is 2.33 bits per heavy atom. The monoisotopic (exact) mass is 229 g/mol. The number of ether oxygens (including phenoxy) is 1. The largest absolute Gasteiger partial charge is 0.497 e. The topological polar surface area (TPSA) is 65.0 Å². The normalized spacial score (nSPS) is 11.6. The van der Waals surface area contributed by atoms with Gasteiger partial charge in [-0.25, -0.2) is 0 Å². The summed E-state index contributed by atoms with van der Waals surface area (Å²) >= 11 is 0. The lowest BCUT2D eigenvalue weighted by Gasteiger charge is -1.98. The van der Waals surface area contributed by atoms with Crippen LogP contribution in [0, 0.1) is 0 Å². The summed E-state index contributed by atoms with van der Waals surface area (Å²) in [4.78, 5) is 0. The number of benzene rings is 1. The average molecular weight is 229 g/mol. The molecule has 0 aromatic heterocycles. The molecule has 0 fully saturated rings. The maximum Gasteiger partial charge on any atom is 0.325 e. The summed E-state index contributed by atoms with van der Waals surface area (Å²) in [5.74, 6) is 0.719. The van der Waals surface area contributed by atoms with Crippen molar-refractivity contribution in [1.29, 1.82) is 0 Å². The first-order valence-corrected chi connectivity index (χ1v) is 5.89. The highest BCUT2D eigenvalue weighted by Crippen LogP contribution is 2.09. The summed E-state index contributed by atoms with van der Waals surface area (Å²) in [6.07, 6.45) is 2.23. The van der Waals surface area contributed by atoms with Gasteiger partial charge in [0, 0.05) is 0 Å². The summed E-state index contributed by atoms with van der Waals surface area (Å²) in [5.41, 5.74) is 0.722. The molecular weight excluding hydrogens is 218 g/mol. The third kappa shape index (κ3) is 4.46. The highest BCUT2D eigenvalue weighted by Gasteiger charge is 1.97. The maximum atomic E-state index is 10.6. The average Bonchev–Trinajstić information content (AvgIpc) is 2.17. The van der Waals surface area contributed by atoms with E-state index >= 15 is 0 Å². The summed E-state index contributed by atoms with van der Waals surface area (Å²) in [5, 5.41) is 3.31. The third-order valence-electron chi connectivity index (χ3n) is 1.50. The number of rotatable bonds is 4. The zero-order chi connectivity index (χ0) is 11.3. The Hall–Kier alpha value is -1.56. The van der Waals surface area contributed by atoms with Crippen LogP contribution in [-0.4, -0.2) is 28.0 Å². The highest BCUT2D eigenvalue weighted by molar-refractivity contribution is 7.85. The summed E-state index contributed by atoms with van der Waals surface area (Å²) < 4.78 is 30.3. The number of oxime groups is 1. The Bertz CT molecular complexity index is 436. The van der Waals surface area contributed by atoms with Gasteiger partial charge < -0.3 is 4.74 Å². The molecule has 0 aliphatic heterocycles. The molecule has 0 unspecified atom stereocenters. The zero-order valence-electron chi connectivity index (χ0n) is 8.38. The van der Waals surface area contributed by atoms with Gasteiger partial charge in [0.05, 0.1) is 19.6 Å². The van der Waals surface area contributed by atoms with E-state index in [0.29, 0.717) is 0 Å². The van der Waals surface area contributed by atoms with E-state index in [0.717, 1.165) is 17.6 Å². The van der Waals surface area contributed by atoms with Gasteiger partial charge in [-0.05, 0) is 29.8 Å². The first-order valence-electron chi connectivity index (χ1n) is 4.07. The molecule has 0 aliphatic rings. The van der Waals surface area contributed by atoms with Crippen molar-refractivity contribution in [3.63, 3.8) is 0 Å². The Kier molecular flexibility index (Phi) is 3.68. The lowest BCUT2D eigenvalue weighted by Crippen LogP contribution is -1.97. The first-order chi connectivity index (χ1) is 7.01. The van der Waals surface area contributed by atoms with Crippen molar-refractivity contribution < 1.29 is 17.4 Å². The second-order valence-corrected chi connectivity index (χ2v) is 4.34. The fourth-order valence-corrected chi connectivity index (χ4v) is 1.05. The molecule has 0 bridgehead atoms. The van der Waals surface area contributed by atoms with Gasteiger partial charge in [-0.3, -0.25) is 4.28 Å². The summed E-state index contributed by atoms with van der Waals surface area (Å²) in [7, 11) is -1.96. The molecule has 0 N–H and O–H groups in total. The Morgan fingerprint density at radius 2 is 1.87 bits per heavy atom. The van der Waals surface area contributed by atoms with E-state index < -0.39 is 10.1 Å². The van der Waals surface area contributed by atoms with Crippen LogP contribution in [0.3, 0.4) is 0 Å². The predicted octanol–water partition coefficient (Wildman–Crippen LogP) is 1.01. The molecule has 1 aromatic rings. The molecule has 0 aliphatic carbocycles. The van der Waals surface area contributed by atoms with Gasteiger partial charge in [0.25, 0.3) is 0 Å². The zero-order valence-corrected chi connectivity index (χ0v) is 9.19. The second-order valence-electron chi connectivity index (χ2n) is 2.79. The third-order valence-corrected chi connectivity index (χ3v) is 1.85. The number of nitrogens with zero attached hydrogens (tertiary/aromatic N) is 1. The molecule has 0 saturated carbocycles. The molecule has 0 atom stereocenters. The molecule has 0 radical (unpaired) electrons. The van der Waals surface area contributed by atoms with Crippen molar-refractivity contribution in [1.82, 2.24) is 0 Å². The second kappa shape index (κ2) is 4.79. The smallest absolute Gasteiger partial charge is 0.325 e. The van der Waals surface area contributed by atoms with E-state index in [-0.39, 0.29) is 0 Å². The van der Waals surface area contributed by atoms with Gasteiger partial charge in [0.1, 0.15) is 5.75 Å². The fraction of sp³-hybridized carbons (Fsp3) is 0.222. The minimum atomic E-state index is -3.53. The van der Waals surface area contributed by atoms with Crippen LogP contribution in [0.1, 0.15) is 5.56 Å². The van der Waals surface area contributed by atoms with Crippen LogP contribution in [0.15, 0.2) is 29.4 Å². The number of hydrogen-bond donors (Lipinski definition) is 0. The Balaban J connectivity index is 2.65. The van der Waals surface area contributed by atoms with E-state index in [1.807, 2.05) is 0 Å². The number of methoxy groups -OCH3 is 1. The van der Waals surface area contributed by atoms with E-state index in [9.17, 15) is 8.42 Å². The molecule has 0 heterocycles. The highest BCUT2D eigenvalue weighted by atomic mass is 32.2. The van der Waals surface area contributed by atoms with Gasteiger partial charge in [0.2, 0.25) is 0 Å². The molecule has 15 heavy (non-hydrogen) atoms. The van der Waals surface area contributed by atoms with Crippen LogP contribution in [0.25, 0.3) is 0 Å². The Morgan fingerprint density at radius 1 is 1.27 bits per heavy atom. The minimum absolute atomic E-state index is 0.719. The standard InChI is InChI=1S/C9H11NO4S/c1-13-9-5-3-8(4-6-9)7-10-14-15(2,11)12/h3-7H,1-2H3. The van der Waals surface area contributed by atoms with Crippen molar-refractivity contribution in [2.24, 2.45) is 5.16 Å². The molecular formula is C9H11NO4S. The van der Waals surface area contributed by atoms with Gasteiger partial charge in [0.15, 0.2) is 0 Å². The predicted molar refractivity (Wildman–Crippen MR) is 56.5 cm³/mol. The fourth-order valence-electron chi connectivity index (χ4n) is 0.851. The first kappa shape index (κ1) is 11.5. The van der Waals surface area contributed by atoms with Crippen LogP contribution in [0.2, 0.25) is 0 Å². The van der Waals surface area contributed by atoms with Crippen LogP contribution in [-0.2, 0) is 14.4 Å². The van der Waals surface area contributed by atoms with Crippen LogP contribution >= 0.6 is 0 Å². The lowest BCUT2D eigenvalue weighted by atomic mass is 10.2. The summed E-state index contributed by atoms with van der Waals surface area (Å²) in [6.45, 7) is 0. The quantitative estimate of drug-likeness (QED) is 0.571. The molecule has 82 valence electrons. The van der Waals surface area contributed by atoms with Crippen molar-refractivity contribution in [3.8, 4) is 5.75 Å². The van der Waals surface area contributed by atoms with Crippen LogP contribution < -0.4 is 4.74 Å². The van der Waals surface area contributed by atoms with Crippen molar-refractivity contribution >= 4 is 16.3 Å². The molecule has 6 heteroatoms. The van der Waals surface area contributed by atoms with E-state index in [1.54, 1.807) is 31.4 Å². The molecule has 0 amide bonds. The van der Waals surface area contributed by atoms with E-state index in [1.165, 1.54) is 6.21 Å². The van der Waals surface area contributed by atoms with Gasteiger partial charge in [-0.2, -0.15) is 8.42 Å². The van der Waals surface area contributed by atoms with Gasteiger partial charge >= 0.3 is 10.1 Å². The maximum absolute atomic E-state index is 10.6. The van der Waals surface area contributed by atoms with Crippen molar-refractivity contribution in [3.05, 3.63) is 29.8 Å². The summed E-state index contributed by atoms with van der Waals surface area (Å²) in [6, 6.07) is 6.94. The van der Waals surface area contributed by atoms with Gasteiger partial charge in [-0.1, -0.05) is 5.16 Å². The number of hydrogen-bond acceptors (Lipinski definition) is 5. The molecule has 5 nitrogen and oxygen atoms in total. The minimum Gasteiger partial charge on any atom is -0.497 e. The van der Waals surface area contributed by atoms with Crippen LogP contribution in [0.4, 0.5) is 0 Å². The van der Waals surface area contributed by atoms with Gasteiger partial charge in [-0.15, -0.1) is 0 Å².